The summed E-state index contributed by atoms with van der Waals surface area (Å²) in [4.78, 5) is 15.2. The molecule has 5 heteroatoms. The van der Waals surface area contributed by atoms with Crippen LogP contribution in [0.4, 0.5) is 0 Å². The van der Waals surface area contributed by atoms with Crippen LogP contribution in [0.25, 0.3) is 111 Å². The third kappa shape index (κ3) is 5.53. The van der Waals surface area contributed by atoms with E-state index in [-0.39, 0.29) is 0 Å². The minimum Gasteiger partial charge on any atom is -0.456 e. The SMILES string of the molecule is c1ccc(-c2ccc(-c3cc(-c4ccc5oc6ccccc6c5c4)nc(-c4ccc(-c5cccc6ccc7nc(-c8ccccc8)oc7c56)cc4)n3)cc2)cc1. The second-order valence-corrected chi connectivity index (χ2v) is 14.0. The monoisotopic (exact) mass is 717 g/mol. The summed E-state index contributed by atoms with van der Waals surface area (Å²) in [5.41, 5.74) is 13.4. The van der Waals surface area contributed by atoms with Gasteiger partial charge in [-0.25, -0.2) is 15.0 Å². The van der Waals surface area contributed by atoms with Crippen molar-refractivity contribution in [1.29, 1.82) is 0 Å². The first-order chi connectivity index (χ1) is 27.7. The Morgan fingerprint density at radius 3 is 1.79 bits per heavy atom. The molecule has 0 saturated heterocycles. The Hall–Kier alpha value is -7.63. The van der Waals surface area contributed by atoms with Gasteiger partial charge in [0.1, 0.15) is 16.7 Å². The van der Waals surface area contributed by atoms with Crippen LogP contribution in [0.3, 0.4) is 0 Å². The molecule has 8 aromatic carbocycles. The molecule has 11 aromatic rings. The third-order valence-corrected chi connectivity index (χ3v) is 10.6. The average molecular weight is 718 g/mol. The molecule has 0 aliphatic rings. The maximum absolute atomic E-state index is 6.47. The Morgan fingerprint density at radius 2 is 0.982 bits per heavy atom. The summed E-state index contributed by atoms with van der Waals surface area (Å²) in [6.45, 7) is 0. The quantitative estimate of drug-likeness (QED) is 0.171. The number of fused-ring (bicyclic) bond motifs is 6. The smallest absolute Gasteiger partial charge is 0.227 e. The van der Waals surface area contributed by atoms with E-state index >= 15 is 0 Å². The highest BCUT2D eigenvalue weighted by Gasteiger charge is 2.17. The maximum atomic E-state index is 6.47. The molecule has 0 saturated carbocycles. The van der Waals surface area contributed by atoms with E-state index in [1.54, 1.807) is 0 Å². The highest BCUT2D eigenvalue weighted by atomic mass is 16.3. The lowest BCUT2D eigenvalue weighted by Crippen LogP contribution is -1.96. The zero-order valence-electron chi connectivity index (χ0n) is 30.1. The van der Waals surface area contributed by atoms with E-state index in [1.807, 2.05) is 66.7 Å². The lowest BCUT2D eigenvalue weighted by atomic mass is 9.96. The van der Waals surface area contributed by atoms with Crippen LogP contribution in [0.15, 0.2) is 197 Å². The van der Waals surface area contributed by atoms with Gasteiger partial charge in [-0.2, -0.15) is 0 Å². The largest absolute Gasteiger partial charge is 0.456 e. The van der Waals surface area contributed by atoms with Crippen LogP contribution in [0, 0.1) is 0 Å². The van der Waals surface area contributed by atoms with Gasteiger partial charge in [0.15, 0.2) is 11.4 Å². The molecule has 3 aromatic heterocycles. The summed E-state index contributed by atoms with van der Waals surface area (Å²) in [5.74, 6) is 1.26. The molecule has 0 unspecified atom stereocenters. The molecular weight excluding hydrogens is 687 g/mol. The van der Waals surface area contributed by atoms with E-state index in [2.05, 4.69) is 121 Å². The third-order valence-electron chi connectivity index (χ3n) is 10.6. The first-order valence-corrected chi connectivity index (χ1v) is 18.7. The van der Waals surface area contributed by atoms with Gasteiger partial charge in [0.2, 0.25) is 5.89 Å². The van der Waals surface area contributed by atoms with Crippen molar-refractivity contribution in [3.63, 3.8) is 0 Å². The fraction of sp³-hybridized carbons (Fsp3) is 0. The number of hydrogen-bond acceptors (Lipinski definition) is 5. The van der Waals surface area contributed by atoms with E-state index in [0.717, 1.165) is 94.1 Å². The Labute approximate surface area is 322 Å². The summed E-state index contributed by atoms with van der Waals surface area (Å²) >= 11 is 0. The number of benzene rings is 8. The number of hydrogen-bond donors (Lipinski definition) is 0. The van der Waals surface area contributed by atoms with E-state index in [1.165, 1.54) is 5.56 Å². The molecule has 0 spiro atoms. The van der Waals surface area contributed by atoms with Crippen molar-refractivity contribution in [3.8, 4) is 67.6 Å². The first-order valence-electron chi connectivity index (χ1n) is 18.7. The molecule has 11 rings (SSSR count). The van der Waals surface area contributed by atoms with Crippen molar-refractivity contribution in [2.24, 2.45) is 0 Å². The van der Waals surface area contributed by atoms with Gasteiger partial charge >= 0.3 is 0 Å². The molecule has 262 valence electrons. The molecule has 0 aliphatic heterocycles. The van der Waals surface area contributed by atoms with Crippen molar-refractivity contribution in [1.82, 2.24) is 15.0 Å². The fourth-order valence-corrected chi connectivity index (χ4v) is 7.72. The van der Waals surface area contributed by atoms with Crippen LogP contribution in [-0.4, -0.2) is 15.0 Å². The van der Waals surface area contributed by atoms with E-state index in [9.17, 15) is 0 Å². The number of para-hydroxylation sites is 1. The van der Waals surface area contributed by atoms with Crippen LogP contribution in [0.5, 0.6) is 0 Å². The summed E-state index contributed by atoms with van der Waals surface area (Å²) in [7, 11) is 0. The number of furan rings is 1. The molecule has 5 nitrogen and oxygen atoms in total. The molecule has 0 radical (unpaired) electrons. The molecular formula is C51H31N3O2. The zero-order chi connectivity index (χ0) is 37.0. The minimum atomic E-state index is 0.612. The Balaban J connectivity index is 1.02. The highest BCUT2D eigenvalue weighted by molar-refractivity contribution is 6.11. The Kier molecular flexibility index (Phi) is 7.42. The molecule has 56 heavy (non-hydrogen) atoms. The fourth-order valence-electron chi connectivity index (χ4n) is 7.72. The summed E-state index contributed by atoms with van der Waals surface area (Å²) in [6.07, 6.45) is 0. The molecule has 0 N–H and O–H groups in total. The predicted molar refractivity (Wildman–Crippen MR) is 227 cm³/mol. The summed E-state index contributed by atoms with van der Waals surface area (Å²) < 4.78 is 12.6. The normalized spacial score (nSPS) is 11.6. The van der Waals surface area contributed by atoms with Gasteiger partial charge in [0.05, 0.1) is 11.4 Å². The Morgan fingerprint density at radius 1 is 0.357 bits per heavy atom. The first kappa shape index (κ1) is 31.9. The van der Waals surface area contributed by atoms with Crippen LogP contribution in [-0.2, 0) is 0 Å². The maximum Gasteiger partial charge on any atom is 0.227 e. The molecule has 0 bridgehead atoms. The number of oxazole rings is 1. The standard InChI is InChI=1S/C51H31N3O2/c1-3-10-32(11-4-1)33-18-22-35(23-19-33)44-31-45(39-27-29-47-42(30-39)41-15-7-8-17-46(41)55-47)53-50(52-44)37-24-20-34(21-25-37)40-16-9-14-36-26-28-43-49(48(36)40)56-51(54-43)38-12-5-2-6-13-38/h1-31H. The highest BCUT2D eigenvalue weighted by Crippen LogP contribution is 2.38. The van der Waals surface area contributed by atoms with Gasteiger partial charge in [-0.05, 0) is 76.2 Å². The topological polar surface area (TPSA) is 65.0 Å². The van der Waals surface area contributed by atoms with Crippen LogP contribution >= 0.6 is 0 Å². The molecule has 3 heterocycles. The van der Waals surface area contributed by atoms with Crippen LogP contribution < -0.4 is 0 Å². The van der Waals surface area contributed by atoms with Crippen molar-refractivity contribution >= 4 is 43.8 Å². The lowest BCUT2D eigenvalue weighted by molar-refractivity contribution is 0.623. The molecule has 0 atom stereocenters. The minimum absolute atomic E-state index is 0.612. The van der Waals surface area contributed by atoms with Gasteiger partial charge in [-0.3, -0.25) is 0 Å². The van der Waals surface area contributed by atoms with E-state index in [0.29, 0.717) is 11.7 Å². The average Bonchev–Trinajstić information content (AvgIpc) is 3.89. The van der Waals surface area contributed by atoms with E-state index in [4.69, 9.17) is 23.8 Å². The number of rotatable bonds is 6. The number of nitrogens with zero attached hydrogens (tertiary/aromatic N) is 3. The van der Waals surface area contributed by atoms with Crippen molar-refractivity contribution in [2.75, 3.05) is 0 Å². The molecule has 0 amide bonds. The number of aromatic nitrogens is 3. The molecule has 0 fully saturated rings. The lowest BCUT2D eigenvalue weighted by Gasteiger charge is -2.11. The van der Waals surface area contributed by atoms with Crippen molar-refractivity contribution < 1.29 is 8.83 Å². The van der Waals surface area contributed by atoms with Gasteiger partial charge in [0, 0.05) is 38.4 Å². The van der Waals surface area contributed by atoms with Gasteiger partial charge in [-0.1, -0.05) is 140 Å². The van der Waals surface area contributed by atoms with Gasteiger partial charge in [0.25, 0.3) is 0 Å². The van der Waals surface area contributed by atoms with Crippen LogP contribution in [0.1, 0.15) is 0 Å². The van der Waals surface area contributed by atoms with Crippen molar-refractivity contribution in [3.05, 3.63) is 188 Å². The van der Waals surface area contributed by atoms with Crippen LogP contribution in [0.2, 0.25) is 0 Å². The molecule has 0 aliphatic carbocycles. The second-order valence-electron chi connectivity index (χ2n) is 14.0. The zero-order valence-corrected chi connectivity index (χ0v) is 30.1. The van der Waals surface area contributed by atoms with Crippen molar-refractivity contribution in [2.45, 2.75) is 0 Å². The predicted octanol–water partition coefficient (Wildman–Crippen LogP) is 13.7. The van der Waals surface area contributed by atoms with Gasteiger partial charge < -0.3 is 8.83 Å². The Bertz CT molecular complexity index is 3220. The van der Waals surface area contributed by atoms with E-state index < -0.39 is 0 Å². The second kappa shape index (κ2) is 13.0. The van der Waals surface area contributed by atoms with Gasteiger partial charge in [-0.15, -0.1) is 0 Å². The summed E-state index contributed by atoms with van der Waals surface area (Å²) in [6, 6.07) is 64.6. The summed E-state index contributed by atoms with van der Waals surface area (Å²) in [5, 5.41) is 4.27.